The number of aromatic nitrogens is 3. The number of rotatable bonds is 7. The third kappa shape index (κ3) is 4.86. The van der Waals surface area contributed by atoms with Gasteiger partial charge in [0.1, 0.15) is 5.75 Å². The summed E-state index contributed by atoms with van der Waals surface area (Å²) in [5.74, 6) is 2.53. The van der Waals surface area contributed by atoms with Crippen molar-refractivity contribution in [2.75, 3.05) is 12.4 Å². The van der Waals surface area contributed by atoms with E-state index in [0.717, 1.165) is 34.5 Å². The van der Waals surface area contributed by atoms with Gasteiger partial charge >= 0.3 is 0 Å². The first-order chi connectivity index (χ1) is 12.1. The molecule has 1 N–H and O–H groups in total. The number of ether oxygens (including phenoxy) is 1. The second-order valence-corrected chi connectivity index (χ2v) is 7.10. The third-order valence-corrected chi connectivity index (χ3v) is 4.69. The van der Waals surface area contributed by atoms with Crippen LogP contribution in [0.2, 0.25) is 0 Å². The number of aryl methyl sites for hydroxylation is 3. The minimum atomic E-state index is 0.628. The number of thioether (sulfide) groups is 1. The summed E-state index contributed by atoms with van der Waals surface area (Å²) in [4.78, 5) is 4.55. The second kappa shape index (κ2) is 8.21. The normalized spacial score (nSPS) is 10.8. The number of H-pyrrole nitrogens is 1. The van der Waals surface area contributed by atoms with Gasteiger partial charge in [0.15, 0.2) is 5.82 Å². The molecular weight excluding hydrogens is 330 g/mol. The van der Waals surface area contributed by atoms with Gasteiger partial charge in [0, 0.05) is 11.3 Å². The van der Waals surface area contributed by atoms with Gasteiger partial charge in [0.2, 0.25) is 5.16 Å². The van der Waals surface area contributed by atoms with Gasteiger partial charge < -0.3 is 4.74 Å². The van der Waals surface area contributed by atoms with Crippen molar-refractivity contribution in [3.05, 3.63) is 59.2 Å². The Bertz CT molecular complexity index is 807. The molecule has 0 amide bonds. The van der Waals surface area contributed by atoms with Crippen molar-refractivity contribution in [2.45, 2.75) is 32.3 Å². The van der Waals surface area contributed by atoms with Gasteiger partial charge in [0.05, 0.1) is 6.61 Å². The zero-order chi connectivity index (χ0) is 17.6. The molecule has 0 aliphatic rings. The van der Waals surface area contributed by atoms with E-state index in [1.54, 1.807) is 11.8 Å². The number of hydrogen-bond donors (Lipinski definition) is 1. The highest BCUT2D eigenvalue weighted by Gasteiger charge is 2.06. The van der Waals surface area contributed by atoms with Crippen LogP contribution in [0.15, 0.2) is 47.6 Å². The number of aromatic amines is 1. The number of nitrogens with zero attached hydrogens (tertiary/aromatic N) is 2. The molecule has 0 spiro atoms. The van der Waals surface area contributed by atoms with Crippen LogP contribution in [0.25, 0.3) is 11.4 Å². The first-order valence-corrected chi connectivity index (χ1v) is 9.48. The Kier molecular flexibility index (Phi) is 5.76. The van der Waals surface area contributed by atoms with Gasteiger partial charge in [-0.1, -0.05) is 49.0 Å². The SMILES string of the molecule is CCc1ccc(-c2nc(SCCOc3cc(C)cc(C)c3)n[nH]2)cc1. The molecule has 25 heavy (non-hydrogen) atoms. The summed E-state index contributed by atoms with van der Waals surface area (Å²) in [5.41, 5.74) is 4.81. The van der Waals surface area contributed by atoms with Crippen LogP contribution in [0.4, 0.5) is 0 Å². The van der Waals surface area contributed by atoms with Crippen molar-refractivity contribution in [1.29, 1.82) is 0 Å². The average Bonchev–Trinajstić information content (AvgIpc) is 3.07. The van der Waals surface area contributed by atoms with Crippen molar-refractivity contribution in [3.8, 4) is 17.1 Å². The molecule has 3 aromatic rings. The van der Waals surface area contributed by atoms with Crippen LogP contribution < -0.4 is 4.74 Å². The molecule has 1 aromatic heterocycles. The predicted molar refractivity (Wildman–Crippen MR) is 103 cm³/mol. The van der Waals surface area contributed by atoms with E-state index >= 15 is 0 Å². The van der Waals surface area contributed by atoms with E-state index in [9.17, 15) is 0 Å². The Morgan fingerprint density at radius 1 is 1.04 bits per heavy atom. The van der Waals surface area contributed by atoms with E-state index < -0.39 is 0 Å². The van der Waals surface area contributed by atoms with Gasteiger partial charge in [-0.25, -0.2) is 4.98 Å². The molecule has 0 aliphatic heterocycles. The van der Waals surface area contributed by atoms with Crippen molar-refractivity contribution < 1.29 is 4.74 Å². The van der Waals surface area contributed by atoms with E-state index in [4.69, 9.17) is 4.74 Å². The minimum Gasteiger partial charge on any atom is -0.493 e. The van der Waals surface area contributed by atoms with Crippen molar-refractivity contribution in [3.63, 3.8) is 0 Å². The van der Waals surface area contributed by atoms with Gasteiger partial charge in [-0.05, 0) is 49.1 Å². The van der Waals surface area contributed by atoms with Crippen molar-refractivity contribution in [2.24, 2.45) is 0 Å². The van der Waals surface area contributed by atoms with Crippen LogP contribution >= 0.6 is 11.8 Å². The van der Waals surface area contributed by atoms with Crippen molar-refractivity contribution in [1.82, 2.24) is 15.2 Å². The maximum absolute atomic E-state index is 5.82. The lowest BCUT2D eigenvalue weighted by Gasteiger charge is -2.07. The lowest BCUT2D eigenvalue weighted by atomic mass is 10.1. The standard InChI is InChI=1S/C20H23N3OS/c1-4-16-5-7-17(8-6-16)19-21-20(23-22-19)25-10-9-24-18-12-14(2)11-15(3)13-18/h5-8,11-13H,4,9-10H2,1-3H3,(H,21,22,23). The molecule has 4 nitrogen and oxygen atoms in total. The third-order valence-electron chi connectivity index (χ3n) is 3.88. The minimum absolute atomic E-state index is 0.628. The Balaban J connectivity index is 1.51. The van der Waals surface area contributed by atoms with Gasteiger partial charge in [-0.15, -0.1) is 5.10 Å². The zero-order valence-electron chi connectivity index (χ0n) is 14.9. The molecule has 130 valence electrons. The van der Waals surface area contributed by atoms with E-state index in [2.05, 4.69) is 78.4 Å². The Morgan fingerprint density at radius 3 is 2.44 bits per heavy atom. The average molecular weight is 353 g/mol. The highest BCUT2D eigenvalue weighted by atomic mass is 32.2. The summed E-state index contributed by atoms with van der Waals surface area (Å²) in [6.45, 7) is 6.94. The zero-order valence-corrected chi connectivity index (χ0v) is 15.7. The highest BCUT2D eigenvalue weighted by molar-refractivity contribution is 7.99. The quantitative estimate of drug-likeness (QED) is 0.489. The summed E-state index contributed by atoms with van der Waals surface area (Å²) in [6.07, 6.45) is 1.04. The smallest absolute Gasteiger partial charge is 0.208 e. The highest BCUT2D eigenvalue weighted by Crippen LogP contribution is 2.21. The molecule has 2 aromatic carbocycles. The van der Waals surface area contributed by atoms with Crippen LogP contribution in [-0.2, 0) is 6.42 Å². The first kappa shape index (κ1) is 17.5. The fourth-order valence-electron chi connectivity index (χ4n) is 2.65. The molecule has 3 rings (SSSR count). The lowest BCUT2D eigenvalue weighted by Crippen LogP contribution is -2.00. The summed E-state index contributed by atoms with van der Waals surface area (Å²) in [6, 6.07) is 14.7. The molecule has 0 atom stereocenters. The van der Waals surface area contributed by atoms with Crippen LogP contribution in [0.1, 0.15) is 23.6 Å². The van der Waals surface area contributed by atoms with Crippen molar-refractivity contribution >= 4 is 11.8 Å². The Hall–Kier alpha value is -2.27. The molecule has 0 bridgehead atoms. The van der Waals surface area contributed by atoms with Crippen LogP contribution in [0.5, 0.6) is 5.75 Å². The van der Waals surface area contributed by atoms with E-state index in [1.807, 2.05) is 0 Å². The molecule has 0 saturated heterocycles. The molecular formula is C20H23N3OS. The molecule has 0 aliphatic carbocycles. The summed E-state index contributed by atoms with van der Waals surface area (Å²) >= 11 is 1.59. The predicted octanol–water partition coefficient (Wildman–Crippen LogP) is 4.82. The summed E-state index contributed by atoms with van der Waals surface area (Å²) in [7, 11) is 0. The largest absolute Gasteiger partial charge is 0.493 e. The molecule has 5 heteroatoms. The van der Waals surface area contributed by atoms with Gasteiger partial charge in [-0.2, -0.15) is 0 Å². The van der Waals surface area contributed by atoms with E-state index in [-0.39, 0.29) is 0 Å². The monoisotopic (exact) mass is 353 g/mol. The Morgan fingerprint density at radius 2 is 1.76 bits per heavy atom. The summed E-state index contributed by atoms with van der Waals surface area (Å²) in [5, 5.41) is 8.04. The van der Waals surface area contributed by atoms with E-state index in [0.29, 0.717) is 6.61 Å². The van der Waals surface area contributed by atoms with Crippen LogP contribution in [0.3, 0.4) is 0 Å². The molecule has 0 fully saturated rings. The molecule has 0 radical (unpaired) electrons. The number of hydrogen-bond acceptors (Lipinski definition) is 4. The molecule has 0 saturated carbocycles. The second-order valence-electron chi connectivity index (χ2n) is 6.04. The number of nitrogens with one attached hydrogen (secondary N) is 1. The lowest BCUT2D eigenvalue weighted by molar-refractivity contribution is 0.343. The fraction of sp³-hybridized carbons (Fsp3) is 0.300. The van der Waals surface area contributed by atoms with Gasteiger partial charge in [0.25, 0.3) is 0 Å². The van der Waals surface area contributed by atoms with Crippen LogP contribution in [-0.4, -0.2) is 27.5 Å². The fourth-order valence-corrected chi connectivity index (χ4v) is 3.26. The van der Waals surface area contributed by atoms with Crippen LogP contribution in [0, 0.1) is 13.8 Å². The molecule has 1 heterocycles. The topological polar surface area (TPSA) is 50.8 Å². The summed E-state index contributed by atoms with van der Waals surface area (Å²) < 4.78 is 5.82. The maximum atomic E-state index is 5.82. The first-order valence-electron chi connectivity index (χ1n) is 8.49. The van der Waals surface area contributed by atoms with E-state index in [1.165, 1.54) is 16.7 Å². The maximum Gasteiger partial charge on any atom is 0.208 e. The van der Waals surface area contributed by atoms with Gasteiger partial charge in [-0.3, -0.25) is 5.10 Å². The molecule has 0 unspecified atom stereocenters. The number of benzene rings is 2. The Labute approximate surface area is 153 Å².